The monoisotopic (exact) mass is 354 g/mol. The topological polar surface area (TPSA) is 68.3 Å². The molecule has 0 saturated heterocycles. The second kappa shape index (κ2) is 5.74. The summed E-state index contributed by atoms with van der Waals surface area (Å²) in [6, 6.07) is 12.3. The van der Waals surface area contributed by atoms with Crippen LogP contribution in [0.3, 0.4) is 0 Å². The molecule has 0 aliphatic carbocycles. The van der Waals surface area contributed by atoms with E-state index >= 15 is 0 Å². The number of aryl methyl sites for hydroxylation is 2. The first kappa shape index (κ1) is 17.7. The molecule has 0 bridgehead atoms. The lowest BCUT2D eigenvalue weighted by atomic mass is 10.2. The van der Waals surface area contributed by atoms with Crippen molar-refractivity contribution < 1.29 is 20.1 Å². The molecule has 0 amide bonds. The van der Waals surface area contributed by atoms with Crippen molar-refractivity contribution in [2.24, 2.45) is 0 Å². The predicted molar refractivity (Wildman–Crippen MR) is 88.8 cm³/mol. The normalized spacial score (nSPS) is 13.0. The maximum absolute atomic E-state index is 12.8. The van der Waals surface area contributed by atoms with Crippen molar-refractivity contribution in [3.8, 4) is 0 Å². The number of sulfonamides is 2. The lowest BCUT2D eigenvalue weighted by molar-refractivity contribution is -0.620. The zero-order valence-electron chi connectivity index (χ0n) is 13.5. The zero-order valence-corrected chi connectivity index (χ0v) is 15.1. The quantitative estimate of drug-likeness (QED) is 0.791. The van der Waals surface area contributed by atoms with Crippen LogP contribution in [0.4, 0.5) is 0 Å². The maximum Gasteiger partial charge on any atom is 0.341 e. The van der Waals surface area contributed by atoms with E-state index in [4.69, 9.17) is 0 Å². The highest BCUT2D eigenvalue weighted by molar-refractivity contribution is 7.98. The summed E-state index contributed by atoms with van der Waals surface area (Å²) >= 11 is 0. The van der Waals surface area contributed by atoms with E-state index < -0.39 is 23.3 Å². The van der Waals surface area contributed by atoms with Crippen LogP contribution in [0.15, 0.2) is 58.3 Å². The fraction of sp³-hybridized carbons (Fsp3) is 0.250. The molecule has 0 heterocycles. The fourth-order valence-electron chi connectivity index (χ4n) is 2.06. The van der Waals surface area contributed by atoms with Gasteiger partial charge >= 0.3 is 20.0 Å². The van der Waals surface area contributed by atoms with Crippen LogP contribution in [-0.2, 0) is 20.0 Å². The van der Waals surface area contributed by atoms with Gasteiger partial charge in [-0.25, -0.2) is 0 Å². The van der Waals surface area contributed by atoms with Crippen molar-refractivity contribution in [1.82, 2.24) is 0 Å². The molecule has 0 unspecified atom stereocenters. The number of benzene rings is 2. The molecule has 2 aromatic carbocycles. The van der Waals surface area contributed by atoms with Gasteiger partial charge in [0.25, 0.3) is 0 Å². The van der Waals surface area contributed by atoms with E-state index in [0.29, 0.717) is 0 Å². The molecule has 5 nitrogen and oxygen atoms in total. The van der Waals surface area contributed by atoms with Gasteiger partial charge in [0.1, 0.15) is 9.79 Å². The Morgan fingerprint density at radius 1 is 0.609 bits per heavy atom. The van der Waals surface area contributed by atoms with E-state index in [-0.39, 0.29) is 9.79 Å². The number of rotatable bonds is 4. The molecule has 0 fully saturated rings. The molecule has 0 saturated carbocycles. The van der Waals surface area contributed by atoms with Crippen LogP contribution in [0.5, 0.6) is 0 Å². The van der Waals surface area contributed by atoms with Gasteiger partial charge in [-0.3, -0.25) is 0 Å². The van der Waals surface area contributed by atoms with E-state index in [9.17, 15) is 16.8 Å². The summed E-state index contributed by atoms with van der Waals surface area (Å²) in [5, 5.41) is 0. The molecule has 0 N–H and O–H groups in total. The van der Waals surface area contributed by atoms with Gasteiger partial charge in [0.2, 0.25) is 0 Å². The first-order valence-electron chi connectivity index (χ1n) is 6.98. The molecule has 0 atom stereocenters. The highest BCUT2D eigenvalue weighted by atomic mass is 32.3. The Morgan fingerprint density at radius 2 is 0.870 bits per heavy atom. The van der Waals surface area contributed by atoms with Gasteiger partial charge in [-0.2, -0.15) is 16.8 Å². The Balaban J connectivity index is 2.59. The molecule has 0 spiro atoms. The van der Waals surface area contributed by atoms with Crippen molar-refractivity contribution >= 4 is 20.0 Å². The van der Waals surface area contributed by atoms with Gasteiger partial charge in [-0.15, -0.1) is 3.29 Å². The smallest absolute Gasteiger partial charge is 0.167 e. The SMILES string of the molecule is Cc1ccc(S(=O)(=O)[N+](C)(C)S(=O)(=O)c2ccc(C)cc2)cc1. The van der Waals surface area contributed by atoms with E-state index in [0.717, 1.165) is 11.1 Å². The van der Waals surface area contributed by atoms with Gasteiger partial charge in [0.15, 0.2) is 0 Å². The first-order chi connectivity index (χ1) is 10.5. The number of nitrogens with zero attached hydrogens (tertiary/aromatic N) is 1. The Hall–Kier alpha value is -1.70. The maximum atomic E-state index is 12.8. The van der Waals surface area contributed by atoms with E-state index in [1.807, 2.05) is 13.8 Å². The summed E-state index contributed by atoms with van der Waals surface area (Å²) in [4.78, 5) is -0.0485. The lowest BCUT2D eigenvalue weighted by Crippen LogP contribution is -2.49. The largest absolute Gasteiger partial charge is 0.341 e. The average molecular weight is 354 g/mol. The van der Waals surface area contributed by atoms with Crippen LogP contribution >= 0.6 is 0 Å². The second-order valence-electron chi connectivity index (χ2n) is 5.83. The molecular formula is C16H20NO4S2+. The van der Waals surface area contributed by atoms with Crippen LogP contribution in [-0.4, -0.2) is 34.2 Å². The molecular weight excluding hydrogens is 334 g/mol. The minimum atomic E-state index is -4.12. The third-order valence-corrected chi connectivity index (χ3v) is 9.02. The molecule has 2 rings (SSSR count). The molecule has 2 aromatic rings. The van der Waals surface area contributed by atoms with Crippen LogP contribution in [0.1, 0.15) is 11.1 Å². The van der Waals surface area contributed by atoms with Crippen LogP contribution in [0.2, 0.25) is 0 Å². The first-order valence-corrected chi connectivity index (χ1v) is 9.86. The number of hydrogen-bond acceptors (Lipinski definition) is 4. The van der Waals surface area contributed by atoms with Gasteiger partial charge in [0, 0.05) is 0 Å². The summed E-state index contributed by atoms with van der Waals surface area (Å²) in [5.74, 6) is 0. The molecule has 0 aromatic heterocycles. The lowest BCUT2D eigenvalue weighted by Gasteiger charge is -2.27. The fourth-order valence-corrected chi connectivity index (χ4v) is 5.58. The van der Waals surface area contributed by atoms with E-state index in [1.165, 1.54) is 38.4 Å². The molecule has 0 aliphatic rings. The third-order valence-electron chi connectivity index (χ3n) is 3.80. The Labute approximate surface area is 137 Å². The number of quaternary nitrogens is 1. The van der Waals surface area contributed by atoms with Crippen LogP contribution < -0.4 is 0 Å². The highest BCUT2D eigenvalue weighted by Gasteiger charge is 2.47. The van der Waals surface area contributed by atoms with Crippen molar-refractivity contribution in [2.45, 2.75) is 23.6 Å². The Kier molecular flexibility index (Phi) is 4.40. The standard InChI is InChI=1S/C16H20NO4S2/c1-13-5-9-15(10-6-13)22(18,19)17(3,4)23(20,21)16-11-7-14(2)8-12-16/h5-12H,1-4H3/q+1. The summed E-state index contributed by atoms with van der Waals surface area (Å²) in [5.41, 5.74) is 1.80. The minimum absolute atomic E-state index is 0.0243. The molecule has 23 heavy (non-hydrogen) atoms. The molecule has 0 aliphatic heterocycles. The summed E-state index contributed by atoms with van der Waals surface area (Å²) in [6.45, 7) is 3.67. The van der Waals surface area contributed by atoms with E-state index in [1.54, 1.807) is 24.3 Å². The third kappa shape index (κ3) is 2.91. The Bertz CT molecular complexity index is 834. The van der Waals surface area contributed by atoms with Crippen molar-refractivity contribution in [3.63, 3.8) is 0 Å². The molecule has 0 radical (unpaired) electrons. The van der Waals surface area contributed by atoms with Gasteiger partial charge in [0.05, 0.1) is 14.1 Å². The number of hydrogen-bond donors (Lipinski definition) is 0. The summed E-state index contributed by atoms with van der Waals surface area (Å²) < 4.78 is 50.2. The predicted octanol–water partition coefficient (Wildman–Crippen LogP) is 2.46. The van der Waals surface area contributed by atoms with Crippen molar-refractivity contribution in [3.05, 3.63) is 59.7 Å². The summed E-state index contributed by atoms with van der Waals surface area (Å²) in [7, 11) is -5.90. The van der Waals surface area contributed by atoms with Crippen molar-refractivity contribution in [1.29, 1.82) is 0 Å². The average Bonchev–Trinajstić information content (AvgIpc) is 2.47. The van der Waals surface area contributed by atoms with E-state index in [2.05, 4.69) is 0 Å². The second-order valence-corrected chi connectivity index (χ2v) is 10.7. The van der Waals surface area contributed by atoms with Gasteiger partial charge in [-0.05, 0) is 38.1 Å². The minimum Gasteiger partial charge on any atom is -0.167 e. The van der Waals surface area contributed by atoms with Crippen LogP contribution in [0, 0.1) is 13.8 Å². The molecule has 7 heteroatoms. The van der Waals surface area contributed by atoms with Crippen LogP contribution in [0.25, 0.3) is 0 Å². The Morgan fingerprint density at radius 3 is 1.13 bits per heavy atom. The molecule has 124 valence electrons. The summed E-state index contributed by atoms with van der Waals surface area (Å²) in [6.07, 6.45) is 0. The highest BCUT2D eigenvalue weighted by Crippen LogP contribution is 2.29. The zero-order chi connectivity index (χ0) is 17.5. The van der Waals surface area contributed by atoms with Gasteiger partial charge < -0.3 is 0 Å². The van der Waals surface area contributed by atoms with Gasteiger partial charge in [-0.1, -0.05) is 35.4 Å². The van der Waals surface area contributed by atoms with Crippen molar-refractivity contribution in [2.75, 3.05) is 14.1 Å².